The third kappa shape index (κ3) is 3.49. The predicted molar refractivity (Wildman–Crippen MR) is 105 cm³/mol. The van der Waals surface area contributed by atoms with Gasteiger partial charge >= 0.3 is 5.97 Å². The lowest BCUT2D eigenvalue weighted by Crippen LogP contribution is -2.34. The number of carbonyl (C=O) groups excluding carboxylic acids is 1. The van der Waals surface area contributed by atoms with Crippen molar-refractivity contribution in [1.29, 1.82) is 0 Å². The summed E-state index contributed by atoms with van der Waals surface area (Å²) >= 11 is 13.9. The van der Waals surface area contributed by atoms with Gasteiger partial charge in [-0.15, -0.1) is 11.3 Å². The second kappa shape index (κ2) is 7.78. The zero-order chi connectivity index (χ0) is 18.8. The Morgan fingerprint density at radius 2 is 2.15 bits per heavy atom. The highest BCUT2D eigenvalue weighted by Crippen LogP contribution is 2.39. The van der Waals surface area contributed by atoms with Crippen LogP contribution in [0.1, 0.15) is 30.5 Å². The maximum Gasteiger partial charge on any atom is 0.338 e. The third-order valence-corrected chi connectivity index (χ3v) is 5.44. The van der Waals surface area contributed by atoms with Crippen molar-refractivity contribution in [2.45, 2.75) is 19.9 Å². The van der Waals surface area contributed by atoms with E-state index in [-0.39, 0.29) is 6.61 Å². The lowest BCUT2D eigenvalue weighted by Gasteiger charge is -2.32. The van der Waals surface area contributed by atoms with E-state index in [0.29, 0.717) is 27.0 Å². The fourth-order valence-electron chi connectivity index (χ4n) is 2.76. The molecule has 26 heavy (non-hydrogen) atoms. The number of carbonyl (C=O) groups is 1. The first-order valence-corrected chi connectivity index (χ1v) is 9.61. The number of halogens is 2. The molecule has 5 nitrogen and oxygen atoms in total. The molecule has 1 aliphatic rings. The Kier molecular flexibility index (Phi) is 5.65. The summed E-state index contributed by atoms with van der Waals surface area (Å²) in [6.07, 6.45) is 1.72. The first kappa shape index (κ1) is 18.9. The molecule has 1 atom stereocenters. The number of ether oxygens (including phenoxy) is 1. The van der Waals surface area contributed by atoms with Crippen molar-refractivity contribution in [3.05, 3.63) is 61.7 Å². The molecule has 0 radical (unpaired) electrons. The van der Waals surface area contributed by atoms with Gasteiger partial charge in [0, 0.05) is 39.9 Å². The van der Waals surface area contributed by atoms with E-state index in [0.717, 1.165) is 10.7 Å². The Balaban J connectivity index is 2.17. The molecule has 2 heterocycles. The minimum absolute atomic E-state index is 0.281. The molecule has 1 aromatic heterocycles. The second-order valence-corrected chi connectivity index (χ2v) is 7.38. The summed E-state index contributed by atoms with van der Waals surface area (Å²) in [5.74, 6) is 0.274. The molecule has 0 aliphatic carbocycles. The van der Waals surface area contributed by atoms with Gasteiger partial charge in [0.15, 0.2) is 10.8 Å². The summed E-state index contributed by atoms with van der Waals surface area (Å²) in [5, 5.41) is 3.62. The van der Waals surface area contributed by atoms with Gasteiger partial charge in [-0.2, -0.15) is 0 Å². The summed E-state index contributed by atoms with van der Waals surface area (Å²) in [7, 11) is 1.86. The first-order valence-electron chi connectivity index (χ1n) is 7.98. The predicted octanol–water partition coefficient (Wildman–Crippen LogP) is 4.72. The molecule has 0 fully saturated rings. The Morgan fingerprint density at radius 1 is 1.38 bits per heavy atom. The van der Waals surface area contributed by atoms with Crippen LogP contribution in [-0.2, 0) is 9.53 Å². The molecule has 0 bridgehead atoms. The van der Waals surface area contributed by atoms with E-state index in [1.165, 1.54) is 11.3 Å². The molecule has 3 rings (SSSR count). The third-order valence-electron chi connectivity index (χ3n) is 4.11. The van der Waals surface area contributed by atoms with Gasteiger partial charge < -0.3 is 9.64 Å². The molecule has 0 saturated heterocycles. The van der Waals surface area contributed by atoms with Crippen LogP contribution in [0.15, 0.2) is 46.0 Å². The molecule has 0 N–H and O–H groups in total. The molecule has 0 amide bonds. The standard InChI is InChI=1S/C18H17Cl2N3O2S/c1-4-25-18(24)14-10(2)23(3)16(17-21-7-8-26-17)22-15(14)12-6-5-11(19)9-13(12)20/h5-9,15H,4H2,1-3H3. The van der Waals surface area contributed by atoms with Crippen LogP contribution in [0.25, 0.3) is 0 Å². The Hall–Kier alpha value is -1.89. The normalized spacial score (nSPS) is 17.3. The fourth-order valence-corrected chi connectivity index (χ4v) is 3.94. The largest absolute Gasteiger partial charge is 0.463 e. The van der Waals surface area contributed by atoms with Crippen LogP contribution >= 0.6 is 34.5 Å². The van der Waals surface area contributed by atoms with Crippen LogP contribution in [0.5, 0.6) is 0 Å². The first-order chi connectivity index (χ1) is 12.4. The molecule has 8 heteroatoms. The molecule has 1 unspecified atom stereocenters. The van der Waals surface area contributed by atoms with E-state index in [1.54, 1.807) is 31.3 Å². The Labute approximate surface area is 165 Å². The summed E-state index contributed by atoms with van der Waals surface area (Å²) in [4.78, 5) is 23.7. The highest BCUT2D eigenvalue weighted by molar-refractivity contribution is 7.11. The van der Waals surface area contributed by atoms with Crippen LogP contribution < -0.4 is 0 Å². The summed E-state index contributed by atoms with van der Waals surface area (Å²) in [5.41, 5.74) is 1.90. The number of amidine groups is 1. The van der Waals surface area contributed by atoms with Crippen molar-refractivity contribution in [3.63, 3.8) is 0 Å². The Morgan fingerprint density at radius 3 is 2.77 bits per heavy atom. The van der Waals surface area contributed by atoms with E-state index < -0.39 is 12.0 Å². The van der Waals surface area contributed by atoms with E-state index >= 15 is 0 Å². The number of hydrogen-bond acceptors (Lipinski definition) is 6. The number of thiazole rings is 1. The average molecular weight is 410 g/mol. The number of aromatic nitrogens is 1. The van der Waals surface area contributed by atoms with Crippen LogP contribution in [0.2, 0.25) is 10.0 Å². The SMILES string of the molecule is CCOC(=O)C1=C(C)N(C)C(c2nccs2)=NC1c1ccc(Cl)cc1Cl. The second-order valence-electron chi connectivity index (χ2n) is 5.64. The van der Waals surface area contributed by atoms with Gasteiger partial charge in [0.1, 0.15) is 6.04 Å². The van der Waals surface area contributed by atoms with Crippen molar-refractivity contribution in [1.82, 2.24) is 9.88 Å². The van der Waals surface area contributed by atoms with E-state index in [1.807, 2.05) is 24.3 Å². The van der Waals surface area contributed by atoms with Gasteiger partial charge in [-0.05, 0) is 26.0 Å². The topological polar surface area (TPSA) is 54.8 Å². The van der Waals surface area contributed by atoms with Gasteiger partial charge in [-0.1, -0.05) is 29.3 Å². The van der Waals surface area contributed by atoms with Crippen molar-refractivity contribution in [3.8, 4) is 0 Å². The number of allylic oxidation sites excluding steroid dienone is 1. The number of aliphatic imine (C=N–C) groups is 1. The van der Waals surface area contributed by atoms with Crippen LogP contribution in [0.3, 0.4) is 0 Å². The average Bonchev–Trinajstić information content (AvgIpc) is 3.12. The lowest BCUT2D eigenvalue weighted by molar-refractivity contribution is -0.139. The lowest BCUT2D eigenvalue weighted by atomic mass is 9.95. The highest BCUT2D eigenvalue weighted by Gasteiger charge is 2.34. The zero-order valence-electron chi connectivity index (χ0n) is 14.5. The maximum absolute atomic E-state index is 12.7. The molecule has 1 aliphatic heterocycles. The van der Waals surface area contributed by atoms with Crippen molar-refractivity contribution in [2.24, 2.45) is 4.99 Å². The Bertz CT molecular complexity index is 894. The van der Waals surface area contributed by atoms with Crippen molar-refractivity contribution in [2.75, 3.05) is 13.7 Å². The van der Waals surface area contributed by atoms with Gasteiger partial charge in [0.2, 0.25) is 0 Å². The number of rotatable bonds is 4. The quantitative estimate of drug-likeness (QED) is 0.685. The van der Waals surface area contributed by atoms with E-state index in [9.17, 15) is 4.79 Å². The van der Waals surface area contributed by atoms with Gasteiger partial charge in [-0.25, -0.2) is 9.78 Å². The molecule has 136 valence electrons. The molecule has 0 spiro atoms. The number of esters is 1. The molecular weight excluding hydrogens is 393 g/mol. The van der Waals surface area contributed by atoms with Gasteiger partial charge in [-0.3, -0.25) is 4.99 Å². The van der Waals surface area contributed by atoms with Crippen LogP contribution in [0, 0.1) is 0 Å². The van der Waals surface area contributed by atoms with Crippen molar-refractivity contribution >= 4 is 46.3 Å². The highest BCUT2D eigenvalue weighted by atomic mass is 35.5. The minimum atomic E-state index is -0.589. The smallest absolute Gasteiger partial charge is 0.338 e. The molecule has 2 aromatic rings. The zero-order valence-corrected chi connectivity index (χ0v) is 16.8. The summed E-state index contributed by atoms with van der Waals surface area (Å²) in [6, 6.07) is 4.58. The molecular formula is C18H17Cl2N3O2S. The maximum atomic E-state index is 12.7. The van der Waals surface area contributed by atoms with Gasteiger partial charge in [0.05, 0.1) is 12.2 Å². The summed E-state index contributed by atoms with van der Waals surface area (Å²) in [6.45, 7) is 3.92. The monoisotopic (exact) mass is 409 g/mol. The van der Waals surface area contributed by atoms with Crippen LogP contribution in [0.4, 0.5) is 0 Å². The van der Waals surface area contributed by atoms with E-state index in [2.05, 4.69) is 4.98 Å². The van der Waals surface area contributed by atoms with Crippen molar-refractivity contribution < 1.29 is 9.53 Å². The minimum Gasteiger partial charge on any atom is -0.463 e. The van der Waals surface area contributed by atoms with Crippen LogP contribution in [-0.4, -0.2) is 35.3 Å². The van der Waals surface area contributed by atoms with Gasteiger partial charge in [0.25, 0.3) is 0 Å². The number of benzene rings is 1. The molecule has 1 aromatic carbocycles. The van der Waals surface area contributed by atoms with E-state index in [4.69, 9.17) is 32.9 Å². The summed E-state index contributed by atoms with van der Waals surface area (Å²) < 4.78 is 5.27. The molecule has 0 saturated carbocycles. The number of nitrogens with zero attached hydrogens (tertiary/aromatic N) is 3. The number of hydrogen-bond donors (Lipinski definition) is 0. The fraction of sp³-hybridized carbons (Fsp3) is 0.278.